The zero-order chi connectivity index (χ0) is 16.1. The molecule has 3 aliphatic rings. The summed E-state index contributed by atoms with van der Waals surface area (Å²) in [5.74, 6) is 1.53. The minimum absolute atomic E-state index is 0.0226. The molecule has 0 atom stereocenters. The number of carbonyl (C=O) groups is 1. The number of nitrogens with one attached hydrogen (secondary N) is 1. The molecule has 1 aromatic carbocycles. The quantitative estimate of drug-likeness (QED) is 0.938. The maximum atomic E-state index is 12.8. The van der Waals surface area contributed by atoms with Crippen LogP contribution in [0.2, 0.25) is 0 Å². The Morgan fingerprint density at radius 3 is 2.88 bits per heavy atom. The first-order valence-corrected chi connectivity index (χ1v) is 8.53. The average molecular weight is 325 g/mol. The molecule has 2 aromatic rings. The summed E-state index contributed by atoms with van der Waals surface area (Å²) >= 11 is 0. The van der Waals surface area contributed by atoms with Crippen molar-refractivity contribution in [3.63, 3.8) is 0 Å². The van der Waals surface area contributed by atoms with Gasteiger partial charge in [-0.1, -0.05) is 6.07 Å². The minimum Gasteiger partial charge on any atom is -0.486 e. The van der Waals surface area contributed by atoms with E-state index < -0.39 is 0 Å². The van der Waals surface area contributed by atoms with Crippen LogP contribution in [0.25, 0.3) is 0 Å². The van der Waals surface area contributed by atoms with E-state index in [9.17, 15) is 4.79 Å². The smallest absolute Gasteiger partial charge is 0.255 e. The van der Waals surface area contributed by atoms with Gasteiger partial charge in [-0.3, -0.25) is 9.48 Å². The summed E-state index contributed by atoms with van der Waals surface area (Å²) in [4.78, 5) is 12.8. The highest BCUT2D eigenvalue weighted by molar-refractivity contribution is 5.96. The van der Waals surface area contributed by atoms with Gasteiger partial charge in [0.05, 0.1) is 23.0 Å². The molecular formula is C18H19N3O3. The van der Waals surface area contributed by atoms with Crippen molar-refractivity contribution in [3.05, 3.63) is 41.2 Å². The van der Waals surface area contributed by atoms with Crippen LogP contribution >= 0.6 is 0 Å². The lowest BCUT2D eigenvalue weighted by Gasteiger charge is -2.22. The molecule has 1 amide bonds. The number of nitrogens with zero attached hydrogens (tertiary/aromatic N) is 2. The van der Waals surface area contributed by atoms with Crippen LogP contribution in [-0.2, 0) is 18.5 Å². The SMILES string of the molecule is O=C(NC1(c2ccc3c(c2)OCCO3)CC1)c1cnn2c1CCC2. The number of aryl methyl sites for hydroxylation is 1. The van der Waals surface area contributed by atoms with Crippen LogP contribution < -0.4 is 14.8 Å². The molecular weight excluding hydrogens is 306 g/mol. The molecule has 0 unspecified atom stereocenters. The van der Waals surface area contributed by atoms with Gasteiger partial charge < -0.3 is 14.8 Å². The van der Waals surface area contributed by atoms with Gasteiger partial charge in [0.25, 0.3) is 5.91 Å². The predicted octanol–water partition coefficient (Wildman–Crippen LogP) is 2.02. The van der Waals surface area contributed by atoms with Crippen molar-refractivity contribution in [2.45, 2.75) is 37.8 Å². The van der Waals surface area contributed by atoms with Crippen LogP contribution in [0, 0.1) is 0 Å². The van der Waals surface area contributed by atoms with Gasteiger partial charge in [-0.2, -0.15) is 5.10 Å². The topological polar surface area (TPSA) is 65.4 Å². The van der Waals surface area contributed by atoms with E-state index in [0.717, 1.165) is 60.5 Å². The highest BCUT2D eigenvalue weighted by Gasteiger charge is 2.46. The largest absolute Gasteiger partial charge is 0.486 e. The third-order valence-corrected chi connectivity index (χ3v) is 5.17. The molecule has 1 aromatic heterocycles. The summed E-state index contributed by atoms with van der Waals surface area (Å²) in [7, 11) is 0. The van der Waals surface area contributed by atoms with Gasteiger partial charge in [0.2, 0.25) is 0 Å². The minimum atomic E-state index is -0.277. The maximum absolute atomic E-state index is 12.8. The molecule has 1 N–H and O–H groups in total. The second-order valence-electron chi connectivity index (χ2n) is 6.73. The molecule has 0 bridgehead atoms. The Balaban J connectivity index is 1.41. The van der Waals surface area contributed by atoms with Crippen LogP contribution in [-0.4, -0.2) is 28.9 Å². The standard InChI is InChI=1S/C18H19N3O3/c22-17(13-11-19-21-7-1-2-14(13)21)20-18(5-6-18)12-3-4-15-16(10-12)24-9-8-23-15/h3-4,10-11H,1-2,5-9H2,(H,20,22). The van der Waals surface area contributed by atoms with E-state index in [1.165, 1.54) is 0 Å². The van der Waals surface area contributed by atoms with Gasteiger partial charge in [0, 0.05) is 6.54 Å². The fraction of sp³-hybridized carbons (Fsp3) is 0.444. The lowest BCUT2D eigenvalue weighted by atomic mass is 10.0. The van der Waals surface area contributed by atoms with Gasteiger partial charge >= 0.3 is 0 Å². The number of ether oxygens (including phenoxy) is 2. The summed E-state index contributed by atoms with van der Waals surface area (Å²) in [6.07, 6.45) is 5.59. The number of benzene rings is 1. The number of carbonyl (C=O) groups excluding carboxylic acids is 1. The van der Waals surface area contributed by atoms with Crippen molar-refractivity contribution in [3.8, 4) is 11.5 Å². The van der Waals surface area contributed by atoms with Crippen molar-refractivity contribution in [2.24, 2.45) is 0 Å². The number of hydrogen-bond donors (Lipinski definition) is 1. The number of fused-ring (bicyclic) bond motifs is 2. The predicted molar refractivity (Wildman–Crippen MR) is 86.4 cm³/mol. The first-order valence-electron chi connectivity index (χ1n) is 8.53. The Hall–Kier alpha value is -2.50. The summed E-state index contributed by atoms with van der Waals surface area (Å²) < 4.78 is 13.2. The Labute approximate surface area is 139 Å². The highest BCUT2D eigenvalue weighted by Crippen LogP contribution is 2.48. The van der Waals surface area contributed by atoms with Gasteiger partial charge in [0.15, 0.2) is 11.5 Å². The second kappa shape index (κ2) is 5.00. The normalized spacial score (nSPS) is 19.7. The van der Waals surface area contributed by atoms with Crippen LogP contribution in [0.4, 0.5) is 0 Å². The summed E-state index contributed by atoms with van der Waals surface area (Å²) in [5.41, 5.74) is 2.59. The van der Waals surface area contributed by atoms with E-state index in [2.05, 4.69) is 10.4 Å². The molecule has 1 saturated carbocycles. The molecule has 124 valence electrons. The molecule has 24 heavy (non-hydrogen) atoms. The van der Waals surface area contributed by atoms with Gasteiger partial charge in [-0.25, -0.2) is 0 Å². The lowest BCUT2D eigenvalue weighted by Crippen LogP contribution is -2.35. The van der Waals surface area contributed by atoms with Crippen LogP contribution in [0.15, 0.2) is 24.4 Å². The first kappa shape index (κ1) is 13.9. The van der Waals surface area contributed by atoms with Gasteiger partial charge in [-0.15, -0.1) is 0 Å². The lowest BCUT2D eigenvalue weighted by molar-refractivity contribution is 0.0929. The van der Waals surface area contributed by atoms with E-state index >= 15 is 0 Å². The number of rotatable bonds is 3. The Kier molecular flexibility index (Phi) is 2.89. The molecule has 0 saturated heterocycles. The van der Waals surface area contributed by atoms with Crippen LogP contribution in [0.1, 0.15) is 40.9 Å². The van der Waals surface area contributed by atoms with Crippen LogP contribution in [0.5, 0.6) is 11.5 Å². The van der Waals surface area contributed by atoms with Crippen molar-refractivity contribution < 1.29 is 14.3 Å². The molecule has 6 nitrogen and oxygen atoms in total. The molecule has 0 radical (unpaired) electrons. The monoisotopic (exact) mass is 325 g/mol. The molecule has 5 rings (SSSR count). The van der Waals surface area contributed by atoms with Crippen molar-refractivity contribution in [1.82, 2.24) is 15.1 Å². The number of amides is 1. The highest BCUT2D eigenvalue weighted by atomic mass is 16.6. The second-order valence-corrected chi connectivity index (χ2v) is 6.73. The maximum Gasteiger partial charge on any atom is 0.255 e. The van der Waals surface area contributed by atoms with E-state index in [1.54, 1.807) is 6.20 Å². The summed E-state index contributed by atoms with van der Waals surface area (Å²) in [6, 6.07) is 5.97. The van der Waals surface area contributed by atoms with E-state index in [1.807, 2.05) is 22.9 Å². The first-order chi connectivity index (χ1) is 11.8. The van der Waals surface area contributed by atoms with E-state index in [-0.39, 0.29) is 11.4 Å². The molecule has 0 spiro atoms. The molecule has 1 fully saturated rings. The van der Waals surface area contributed by atoms with E-state index in [4.69, 9.17) is 9.47 Å². The fourth-order valence-electron chi connectivity index (χ4n) is 3.69. The Morgan fingerprint density at radius 1 is 1.21 bits per heavy atom. The summed E-state index contributed by atoms with van der Waals surface area (Å²) in [5, 5.41) is 7.55. The Morgan fingerprint density at radius 2 is 2.04 bits per heavy atom. The molecule has 2 aliphatic heterocycles. The average Bonchev–Trinajstić information content (AvgIpc) is 3.05. The van der Waals surface area contributed by atoms with E-state index in [0.29, 0.717) is 13.2 Å². The third-order valence-electron chi connectivity index (χ3n) is 5.17. The van der Waals surface area contributed by atoms with Gasteiger partial charge in [-0.05, 0) is 43.4 Å². The van der Waals surface area contributed by atoms with Crippen molar-refractivity contribution in [1.29, 1.82) is 0 Å². The van der Waals surface area contributed by atoms with Gasteiger partial charge in [0.1, 0.15) is 13.2 Å². The number of aromatic nitrogens is 2. The number of hydrogen-bond acceptors (Lipinski definition) is 4. The third kappa shape index (κ3) is 2.09. The van der Waals surface area contributed by atoms with Crippen molar-refractivity contribution >= 4 is 5.91 Å². The Bertz CT molecular complexity index is 823. The molecule has 1 aliphatic carbocycles. The zero-order valence-electron chi connectivity index (χ0n) is 13.4. The summed E-state index contributed by atoms with van der Waals surface area (Å²) in [6.45, 7) is 2.06. The van der Waals surface area contributed by atoms with Crippen LogP contribution in [0.3, 0.4) is 0 Å². The fourth-order valence-corrected chi connectivity index (χ4v) is 3.69. The molecule has 3 heterocycles. The zero-order valence-corrected chi connectivity index (χ0v) is 13.4. The molecule has 6 heteroatoms. The van der Waals surface area contributed by atoms with Crippen molar-refractivity contribution in [2.75, 3.05) is 13.2 Å².